The number of rotatable bonds is 4. The van der Waals surface area contributed by atoms with Gasteiger partial charge >= 0.3 is 0 Å². The SMILES string of the molecule is CCOc1ccc(N)c(S(=O)(=O)C(C)C)c1. The third kappa shape index (κ3) is 2.47. The molecule has 1 aromatic rings. The van der Waals surface area contributed by atoms with Crippen molar-refractivity contribution < 1.29 is 13.2 Å². The highest BCUT2D eigenvalue weighted by Crippen LogP contribution is 2.27. The van der Waals surface area contributed by atoms with Crippen molar-refractivity contribution in [2.24, 2.45) is 0 Å². The molecule has 0 fully saturated rings. The minimum absolute atomic E-state index is 0.147. The predicted molar refractivity (Wildman–Crippen MR) is 64.3 cm³/mol. The number of hydrogen-bond acceptors (Lipinski definition) is 4. The highest BCUT2D eigenvalue weighted by Gasteiger charge is 2.22. The minimum Gasteiger partial charge on any atom is -0.494 e. The molecule has 0 radical (unpaired) electrons. The molecule has 0 aliphatic carbocycles. The van der Waals surface area contributed by atoms with Crippen molar-refractivity contribution in [2.75, 3.05) is 12.3 Å². The summed E-state index contributed by atoms with van der Waals surface area (Å²) in [6, 6.07) is 4.70. The molecule has 5 heteroatoms. The number of anilines is 1. The normalized spacial score (nSPS) is 11.8. The molecule has 16 heavy (non-hydrogen) atoms. The Hall–Kier alpha value is -1.23. The van der Waals surface area contributed by atoms with Gasteiger partial charge in [0, 0.05) is 6.07 Å². The third-order valence-electron chi connectivity index (χ3n) is 2.22. The average molecular weight is 243 g/mol. The number of nitrogen functional groups attached to an aromatic ring is 1. The van der Waals surface area contributed by atoms with Crippen molar-refractivity contribution in [1.82, 2.24) is 0 Å². The lowest BCUT2D eigenvalue weighted by Gasteiger charge is -2.12. The minimum atomic E-state index is -3.35. The van der Waals surface area contributed by atoms with E-state index in [1.54, 1.807) is 26.0 Å². The van der Waals surface area contributed by atoms with Crippen LogP contribution in [0.5, 0.6) is 5.75 Å². The molecule has 0 bridgehead atoms. The summed E-state index contributed by atoms with van der Waals surface area (Å²) in [5.74, 6) is 0.524. The number of nitrogens with two attached hydrogens (primary N) is 1. The van der Waals surface area contributed by atoms with E-state index in [0.29, 0.717) is 12.4 Å². The van der Waals surface area contributed by atoms with Gasteiger partial charge in [-0.3, -0.25) is 0 Å². The number of sulfone groups is 1. The van der Waals surface area contributed by atoms with E-state index >= 15 is 0 Å². The van der Waals surface area contributed by atoms with Crippen LogP contribution in [-0.4, -0.2) is 20.3 Å². The van der Waals surface area contributed by atoms with Crippen LogP contribution in [0.2, 0.25) is 0 Å². The Morgan fingerprint density at radius 3 is 2.50 bits per heavy atom. The zero-order chi connectivity index (χ0) is 12.3. The summed E-state index contributed by atoms with van der Waals surface area (Å²) < 4.78 is 29.2. The molecule has 4 nitrogen and oxygen atoms in total. The maximum atomic E-state index is 12.0. The Balaban J connectivity index is 3.27. The zero-order valence-corrected chi connectivity index (χ0v) is 10.5. The fourth-order valence-electron chi connectivity index (χ4n) is 1.27. The van der Waals surface area contributed by atoms with Crippen LogP contribution in [0, 0.1) is 0 Å². The van der Waals surface area contributed by atoms with Crippen LogP contribution < -0.4 is 10.5 Å². The van der Waals surface area contributed by atoms with Crippen LogP contribution in [0.15, 0.2) is 23.1 Å². The highest BCUT2D eigenvalue weighted by atomic mass is 32.2. The van der Waals surface area contributed by atoms with Gasteiger partial charge in [-0.25, -0.2) is 8.42 Å². The lowest BCUT2D eigenvalue weighted by molar-refractivity contribution is 0.339. The summed E-state index contributed by atoms with van der Waals surface area (Å²) in [7, 11) is -3.35. The molecule has 0 atom stereocenters. The maximum Gasteiger partial charge on any atom is 0.182 e. The maximum absolute atomic E-state index is 12.0. The van der Waals surface area contributed by atoms with Gasteiger partial charge in [-0.05, 0) is 32.9 Å². The Morgan fingerprint density at radius 2 is 2.00 bits per heavy atom. The van der Waals surface area contributed by atoms with Crippen molar-refractivity contribution in [2.45, 2.75) is 30.9 Å². The summed E-state index contributed by atoms with van der Waals surface area (Å²) in [4.78, 5) is 0.147. The monoisotopic (exact) mass is 243 g/mol. The number of ether oxygens (including phenoxy) is 1. The molecular weight excluding hydrogens is 226 g/mol. The van der Waals surface area contributed by atoms with Gasteiger partial charge in [-0.1, -0.05) is 0 Å². The van der Waals surface area contributed by atoms with Crippen LogP contribution in [0.25, 0.3) is 0 Å². The van der Waals surface area contributed by atoms with Gasteiger partial charge in [0.2, 0.25) is 0 Å². The topological polar surface area (TPSA) is 69.4 Å². The summed E-state index contributed by atoms with van der Waals surface area (Å²) in [6.07, 6.45) is 0. The molecule has 0 saturated heterocycles. The summed E-state index contributed by atoms with van der Waals surface area (Å²) in [5, 5.41) is -0.494. The van der Waals surface area contributed by atoms with E-state index in [1.807, 2.05) is 6.92 Å². The van der Waals surface area contributed by atoms with Crippen LogP contribution >= 0.6 is 0 Å². The van der Waals surface area contributed by atoms with Crippen molar-refractivity contribution in [3.05, 3.63) is 18.2 Å². The summed E-state index contributed by atoms with van der Waals surface area (Å²) in [6.45, 7) is 5.59. The van der Waals surface area contributed by atoms with Gasteiger partial charge in [0.15, 0.2) is 9.84 Å². The van der Waals surface area contributed by atoms with Gasteiger partial charge in [0.1, 0.15) is 5.75 Å². The van der Waals surface area contributed by atoms with Gasteiger partial charge in [-0.2, -0.15) is 0 Å². The molecule has 0 aliphatic rings. The molecule has 0 aliphatic heterocycles. The molecular formula is C11H17NO3S. The Morgan fingerprint density at radius 1 is 1.38 bits per heavy atom. The lowest BCUT2D eigenvalue weighted by Crippen LogP contribution is -2.15. The van der Waals surface area contributed by atoms with Crippen molar-refractivity contribution in [3.63, 3.8) is 0 Å². The standard InChI is InChI=1S/C11H17NO3S/c1-4-15-9-5-6-10(12)11(7-9)16(13,14)8(2)3/h5-8H,4,12H2,1-3H3. The molecule has 0 aromatic heterocycles. The zero-order valence-electron chi connectivity index (χ0n) is 9.73. The molecule has 0 heterocycles. The largest absolute Gasteiger partial charge is 0.494 e. The molecule has 90 valence electrons. The fourth-order valence-corrected chi connectivity index (χ4v) is 2.46. The lowest BCUT2D eigenvalue weighted by atomic mass is 10.3. The Bertz CT molecular complexity index is 466. The van der Waals surface area contributed by atoms with Crippen molar-refractivity contribution in [3.8, 4) is 5.75 Å². The van der Waals surface area contributed by atoms with E-state index < -0.39 is 15.1 Å². The molecule has 0 saturated carbocycles. The number of benzene rings is 1. The Labute approximate surface area is 96.3 Å². The highest BCUT2D eigenvalue weighted by molar-refractivity contribution is 7.92. The van der Waals surface area contributed by atoms with Gasteiger partial charge in [0.25, 0.3) is 0 Å². The first-order valence-electron chi connectivity index (χ1n) is 5.15. The van der Waals surface area contributed by atoms with E-state index in [2.05, 4.69) is 0 Å². The first kappa shape index (κ1) is 12.8. The van der Waals surface area contributed by atoms with Gasteiger partial charge in [0.05, 0.1) is 22.4 Å². The van der Waals surface area contributed by atoms with Gasteiger partial charge in [-0.15, -0.1) is 0 Å². The Kier molecular flexibility index (Phi) is 3.80. The molecule has 1 rings (SSSR count). The van der Waals surface area contributed by atoms with Crippen LogP contribution in [-0.2, 0) is 9.84 Å². The van der Waals surface area contributed by atoms with Crippen LogP contribution in [0.1, 0.15) is 20.8 Å². The summed E-state index contributed by atoms with van der Waals surface area (Å²) in [5.41, 5.74) is 5.94. The summed E-state index contributed by atoms with van der Waals surface area (Å²) >= 11 is 0. The molecule has 0 amide bonds. The van der Waals surface area contributed by atoms with E-state index in [0.717, 1.165) is 0 Å². The second-order valence-corrected chi connectivity index (χ2v) is 6.20. The number of hydrogen-bond donors (Lipinski definition) is 1. The smallest absolute Gasteiger partial charge is 0.182 e. The van der Waals surface area contributed by atoms with E-state index in [9.17, 15) is 8.42 Å². The second-order valence-electron chi connectivity index (χ2n) is 3.73. The quantitative estimate of drug-likeness (QED) is 0.819. The van der Waals surface area contributed by atoms with Crippen LogP contribution in [0.3, 0.4) is 0 Å². The first-order valence-corrected chi connectivity index (χ1v) is 6.70. The van der Waals surface area contributed by atoms with Crippen molar-refractivity contribution >= 4 is 15.5 Å². The predicted octanol–water partition coefficient (Wildman–Crippen LogP) is 1.85. The van der Waals surface area contributed by atoms with Gasteiger partial charge < -0.3 is 10.5 Å². The second kappa shape index (κ2) is 4.74. The molecule has 1 aromatic carbocycles. The molecule has 2 N–H and O–H groups in total. The van der Waals surface area contributed by atoms with E-state index in [1.165, 1.54) is 6.07 Å². The van der Waals surface area contributed by atoms with E-state index in [-0.39, 0.29) is 10.6 Å². The van der Waals surface area contributed by atoms with E-state index in [4.69, 9.17) is 10.5 Å². The average Bonchev–Trinajstić information content (AvgIpc) is 2.20. The third-order valence-corrected chi connectivity index (χ3v) is 4.43. The molecule has 0 unspecified atom stereocenters. The first-order chi connectivity index (χ1) is 7.39. The van der Waals surface area contributed by atoms with Crippen LogP contribution in [0.4, 0.5) is 5.69 Å². The fraction of sp³-hybridized carbons (Fsp3) is 0.455. The molecule has 0 spiro atoms. The van der Waals surface area contributed by atoms with Crippen molar-refractivity contribution in [1.29, 1.82) is 0 Å².